The van der Waals surface area contributed by atoms with E-state index in [1.54, 1.807) is 54.6 Å². The molecule has 4 saturated carbocycles. The van der Waals surface area contributed by atoms with E-state index in [9.17, 15) is 51.6 Å². The lowest BCUT2D eigenvalue weighted by molar-refractivity contribution is -0.147. The average molecular weight is 1680 g/mol. The minimum Gasteiger partial charge on any atom is -0.394 e. The number of unbranched alkanes of at least 4 members (excludes halogenated alkanes) is 15. The zero-order valence-corrected chi connectivity index (χ0v) is 66.6. The number of Topliss-reactive ketones (excluding diaryl/α,β-unsaturated/α-hetero) is 3. The van der Waals surface area contributed by atoms with Crippen LogP contribution in [0.4, 0.5) is 20.2 Å². The van der Waals surface area contributed by atoms with E-state index < -0.39 is 91.2 Å². The molecule has 4 bridgehead atoms. The van der Waals surface area contributed by atoms with Gasteiger partial charge in [-0.05, 0) is 144 Å². The van der Waals surface area contributed by atoms with Crippen LogP contribution in [0.15, 0.2) is 81.8 Å². The number of sulfone groups is 2. The molecule has 112 heavy (non-hydrogen) atoms. The number of aliphatic hydroxyl groups is 5. The highest BCUT2D eigenvalue weighted by atomic mass is 35.5. The maximum absolute atomic E-state index is 15.6. The van der Waals surface area contributed by atoms with Gasteiger partial charge in [-0.2, -0.15) is 0 Å². The Balaban J connectivity index is 0.000000258. The summed E-state index contributed by atoms with van der Waals surface area (Å²) in [4.78, 5) is 42.0. The van der Waals surface area contributed by atoms with Crippen molar-refractivity contribution >= 4 is 94.8 Å². The van der Waals surface area contributed by atoms with E-state index in [-0.39, 0.29) is 80.0 Å². The second-order valence-corrected chi connectivity index (χ2v) is 36.8. The summed E-state index contributed by atoms with van der Waals surface area (Å²) >= 11 is 26.1. The quantitative estimate of drug-likeness (QED) is 0.0153. The smallest absolute Gasteiger partial charge is 0.177 e. The summed E-state index contributed by atoms with van der Waals surface area (Å²) in [5.41, 5.74) is 10.7. The van der Waals surface area contributed by atoms with Gasteiger partial charge in [-0.15, -0.1) is 0 Å². The number of benzene rings is 4. The summed E-state index contributed by atoms with van der Waals surface area (Å²) in [6, 6.07) is 19.4. The van der Waals surface area contributed by atoms with Crippen LogP contribution in [0.25, 0.3) is 22.5 Å². The lowest BCUT2D eigenvalue weighted by atomic mass is 9.97. The second kappa shape index (κ2) is 42.1. The number of aromatic nitrogens is 2. The van der Waals surface area contributed by atoms with E-state index in [0.717, 1.165) is 164 Å². The molecule has 21 nitrogen and oxygen atoms in total. The fraction of sp³-hybridized carbons (Fsp3) is 0.602. The number of nitrogens with zero attached hydrogens (tertiary/aromatic N) is 4. The number of nitrogens with two attached hydrogens (primary N) is 1. The zero-order chi connectivity index (χ0) is 78.4. The van der Waals surface area contributed by atoms with Gasteiger partial charge in [-0.3, -0.25) is 14.4 Å². The molecule has 618 valence electrons. The maximum Gasteiger partial charge on any atom is 0.177 e. The Morgan fingerprint density at radius 1 is 0.536 bits per heavy atom. The van der Waals surface area contributed by atoms with Gasteiger partial charge < -0.3 is 59.6 Å². The molecule has 4 heterocycles. The van der Waals surface area contributed by atoms with Crippen LogP contribution in [-0.4, -0.2) is 168 Å². The number of rotatable bonds is 45. The number of hydrogen-bond acceptors (Lipinski definition) is 21. The Morgan fingerprint density at radius 2 is 0.911 bits per heavy atom. The zero-order valence-electron chi connectivity index (χ0n) is 62.0. The highest BCUT2D eigenvalue weighted by molar-refractivity contribution is 7.92. The number of ether oxygens (including phenoxy) is 2. The first kappa shape index (κ1) is 90.4. The number of carbonyl (C=O) groups is 3. The molecule has 0 spiro atoms. The van der Waals surface area contributed by atoms with E-state index in [1.807, 2.05) is 9.80 Å². The Bertz CT molecular complexity index is 4320. The topological polar surface area (TPSA) is 324 Å². The van der Waals surface area contributed by atoms with Crippen LogP contribution in [0.3, 0.4) is 0 Å². The van der Waals surface area contributed by atoms with E-state index in [1.165, 1.54) is 12.1 Å². The molecule has 2 saturated heterocycles. The standard InChI is InChI=1S/C44H57Cl2FN2O11S.C37H46Cl2FN3O5S.2CH4/c45-31-11-10-12-32(46)39(31)40-30(44(60-48-40)26-14-15-26)24-59-38-21-29-19-28(38)22-49(29)34-17-16-27(20-33(34)47)37(53)25-61(57,58)18-9-7-5-3-1-2-4-6-8-13-35(51)41(54)43(56)42(55)36(52)23-50;38-29-10-9-11-30(39)35(29)36-28(37(48-42-36)24-12-13-24)22-47-34-20-27-18-26(34)21-43(27)32-15-14-25(19-31(32)40)33(44)23-49(45,46)17-8-6-4-2-1-3-5-7-16-41;;/h10-12,16-17,20,26,28-29,36,38,41-43,50,52,54-56H,1-9,13-15,18-19,21-25H2;9-11,14-15,19,24,26-27,34H,1-8,12-13,16-18,20-23,41H2;2*1H4/t28-,29-,36+,38+,41-,42+,43+;26-,27-,34+;;/m00../s1. The van der Waals surface area contributed by atoms with Gasteiger partial charge in [0.15, 0.2) is 37.0 Å². The van der Waals surface area contributed by atoms with Crippen molar-refractivity contribution in [3.8, 4) is 22.5 Å². The monoisotopic (exact) mass is 1680 g/mol. The van der Waals surface area contributed by atoms with Gasteiger partial charge in [0.1, 0.15) is 70.5 Å². The molecule has 0 amide bonds. The molecule has 2 aliphatic heterocycles. The Labute approximate surface area is 677 Å². The van der Waals surface area contributed by atoms with Gasteiger partial charge >= 0.3 is 0 Å². The van der Waals surface area contributed by atoms with E-state index >= 15 is 8.78 Å². The van der Waals surface area contributed by atoms with E-state index in [0.29, 0.717) is 124 Å². The van der Waals surface area contributed by atoms with E-state index in [4.69, 9.17) is 75.8 Å². The fourth-order valence-corrected chi connectivity index (χ4v) is 19.9. The molecule has 29 heteroatoms. The Hall–Kier alpha value is -5.49. The van der Waals surface area contributed by atoms with Gasteiger partial charge in [0, 0.05) is 88.6 Å². The van der Waals surface area contributed by atoms with Crippen molar-refractivity contribution in [3.63, 3.8) is 0 Å². The SMILES string of the molecule is C.C.NCCCCCCCCCCS(=O)(=O)CC(=O)c1ccc(N2C[C@@H]3C[C@H]2C[C@H]3OCc2c(-c3c(Cl)cccc3Cl)noc2C2CC2)c(F)c1.O=C(CS(=O)(=O)CCCCCCCCCCCC(=O)[C@H](O)[C@@H](O)[C@H](O)[C@H](O)CO)c1ccc(N2C[C@@H]3C[C@H]2C[C@H]3OCc2c(-c3c(Cl)cccc3Cl)noc2C2CC2)c(F)c1. The number of fused-ring (bicyclic) bond motifs is 4. The summed E-state index contributed by atoms with van der Waals surface area (Å²) < 4.78 is 106. The predicted octanol–water partition coefficient (Wildman–Crippen LogP) is 16.2. The predicted molar refractivity (Wildman–Crippen MR) is 433 cm³/mol. The van der Waals surface area contributed by atoms with E-state index in [2.05, 4.69) is 10.3 Å². The van der Waals surface area contributed by atoms with Crippen molar-refractivity contribution in [2.45, 2.75) is 256 Å². The van der Waals surface area contributed by atoms with Crippen LogP contribution in [0.2, 0.25) is 20.1 Å². The Kier molecular flexibility index (Phi) is 34.0. The van der Waals surface area contributed by atoms with Crippen molar-refractivity contribution in [3.05, 3.63) is 138 Å². The molecule has 6 aromatic rings. The number of aliphatic hydroxyl groups excluding tert-OH is 5. The third-order valence-electron chi connectivity index (χ3n) is 22.5. The number of hydrogen-bond donors (Lipinski definition) is 6. The molecular formula is C83H111Cl4F2N5O16S2. The first-order valence-electron chi connectivity index (χ1n) is 39.1. The van der Waals surface area contributed by atoms with Crippen LogP contribution < -0.4 is 15.5 Å². The summed E-state index contributed by atoms with van der Waals surface area (Å²) in [5.74, 6) is -1.71. The fourth-order valence-electron chi connectivity index (χ4n) is 16.1. The van der Waals surface area contributed by atoms with Crippen LogP contribution in [0.1, 0.15) is 237 Å². The molecule has 10 atom stereocenters. The summed E-state index contributed by atoms with van der Waals surface area (Å²) in [6.45, 7) is 1.74. The van der Waals surface area contributed by atoms with Crippen LogP contribution >= 0.6 is 46.4 Å². The van der Waals surface area contributed by atoms with Crippen molar-refractivity contribution in [2.24, 2.45) is 17.6 Å². The molecular weight excluding hydrogens is 1570 g/mol. The lowest BCUT2D eigenvalue weighted by Crippen LogP contribution is -2.48. The van der Waals surface area contributed by atoms with Crippen LogP contribution in [0.5, 0.6) is 0 Å². The van der Waals surface area contributed by atoms with Gasteiger partial charge in [0.25, 0.3) is 0 Å². The number of halogens is 6. The van der Waals surface area contributed by atoms with Gasteiger partial charge in [0.05, 0.1) is 75.0 Å². The third-order valence-corrected chi connectivity index (χ3v) is 27.0. The summed E-state index contributed by atoms with van der Waals surface area (Å²) in [6.07, 6.45) is 14.6. The molecule has 12 rings (SSSR count). The van der Waals surface area contributed by atoms with Crippen LogP contribution in [0, 0.1) is 23.5 Å². The number of carbonyl (C=O) groups excluding carboxylic acids is 3. The van der Waals surface area contributed by atoms with Gasteiger partial charge in [-0.25, -0.2) is 25.6 Å². The molecule has 6 aliphatic rings. The summed E-state index contributed by atoms with van der Waals surface area (Å²) in [7, 11) is -7.25. The maximum atomic E-state index is 15.6. The normalized spacial score (nSPS) is 20.3. The Morgan fingerprint density at radius 3 is 1.26 bits per heavy atom. The highest BCUT2D eigenvalue weighted by Crippen LogP contribution is 2.50. The van der Waals surface area contributed by atoms with Crippen LogP contribution in [-0.2, 0) is 47.2 Å². The van der Waals surface area contributed by atoms with Gasteiger partial charge in [0.2, 0.25) is 0 Å². The average Bonchev–Trinajstić information content (AvgIpc) is 1.62. The molecule has 4 aliphatic carbocycles. The minimum atomic E-state index is -3.68. The first-order chi connectivity index (χ1) is 52.8. The molecule has 0 unspecified atom stereocenters. The third kappa shape index (κ3) is 23.7. The summed E-state index contributed by atoms with van der Waals surface area (Å²) in [5, 5.41) is 58.3. The second-order valence-electron chi connectivity index (χ2n) is 30.8. The van der Waals surface area contributed by atoms with Crippen molar-refractivity contribution in [1.29, 1.82) is 0 Å². The van der Waals surface area contributed by atoms with Crippen molar-refractivity contribution in [1.82, 2.24) is 10.3 Å². The van der Waals surface area contributed by atoms with Crippen molar-refractivity contribution < 1.29 is 84.1 Å². The molecule has 6 fully saturated rings. The lowest BCUT2D eigenvalue weighted by Gasteiger charge is -2.33. The largest absolute Gasteiger partial charge is 0.394 e. The molecule has 0 radical (unpaired) electrons. The highest BCUT2D eigenvalue weighted by Gasteiger charge is 2.49. The first-order valence-corrected chi connectivity index (χ1v) is 44.2. The van der Waals surface area contributed by atoms with Crippen molar-refractivity contribution in [2.75, 3.05) is 59.1 Å². The van der Waals surface area contributed by atoms with Gasteiger partial charge in [-0.1, -0.05) is 167 Å². The number of anilines is 2. The minimum absolute atomic E-state index is 0. The molecule has 7 N–H and O–H groups in total. The number of ketones is 3. The molecule has 2 aromatic heterocycles. The molecule has 4 aromatic carbocycles. The number of piperidine rings is 2.